The molecule has 0 radical (unpaired) electrons. The van der Waals surface area contributed by atoms with Gasteiger partial charge in [0.05, 0.1) is 17.1 Å². The van der Waals surface area contributed by atoms with Crippen LogP contribution in [0.2, 0.25) is 0 Å². The number of hydrogen-bond donors (Lipinski definition) is 3. The van der Waals surface area contributed by atoms with E-state index in [1.54, 1.807) is 24.3 Å². The van der Waals surface area contributed by atoms with Crippen LogP contribution in [0.5, 0.6) is 5.75 Å². The average Bonchev–Trinajstić information content (AvgIpc) is 3.30. The van der Waals surface area contributed by atoms with Crippen molar-refractivity contribution >= 4 is 21.8 Å². The van der Waals surface area contributed by atoms with E-state index in [1.165, 1.54) is 24.3 Å². The van der Waals surface area contributed by atoms with Crippen LogP contribution in [0.15, 0.2) is 53.4 Å². The highest BCUT2D eigenvalue weighted by Crippen LogP contribution is 2.15. The minimum atomic E-state index is -3.80. The summed E-state index contributed by atoms with van der Waals surface area (Å²) in [4.78, 5) is 24.6. The Morgan fingerprint density at radius 3 is 2.38 bits per heavy atom. The number of rotatable bonds is 8. The Bertz CT molecular complexity index is 1050. The Balaban J connectivity index is 1.57. The molecule has 0 aliphatic carbocycles. The molecule has 1 aliphatic heterocycles. The standard InChI is InChI=1S/C22H27N3O6S/c1-15(2)31-18-10-8-16(9-11-18)21(26)24-25-22(27)17-5-3-7-20(13-17)32(28,29)23-14-19-6-4-12-30-19/h3,5,7-11,13,15,19,23H,4,6,12,14H2,1-2H3,(H,24,26)(H,25,27). The topological polar surface area (TPSA) is 123 Å². The number of hydrogen-bond acceptors (Lipinski definition) is 6. The van der Waals surface area contributed by atoms with Crippen molar-refractivity contribution in [2.24, 2.45) is 0 Å². The minimum absolute atomic E-state index is 0.0137. The number of carbonyl (C=O) groups excluding carboxylic acids is 2. The second-order valence-corrected chi connectivity index (χ2v) is 9.38. The van der Waals surface area contributed by atoms with Crippen molar-refractivity contribution in [1.82, 2.24) is 15.6 Å². The van der Waals surface area contributed by atoms with Crippen LogP contribution in [0.25, 0.3) is 0 Å². The molecule has 1 atom stereocenters. The maximum absolute atomic E-state index is 12.5. The van der Waals surface area contributed by atoms with Crippen LogP contribution < -0.4 is 20.3 Å². The van der Waals surface area contributed by atoms with Crippen LogP contribution in [0.1, 0.15) is 47.4 Å². The number of carbonyl (C=O) groups is 2. The third-order valence-corrected chi connectivity index (χ3v) is 6.13. The summed E-state index contributed by atoms with van der Waals surface area (Å²) in [7, 11) is -3.80. The number of ether oxygens (including phenoxy) is 2. The highest BCUT2D eigenvalue weighted by atomic mass is 32.2. The van der Waals surface area contributed by atoms with Gasteiger partial charge in [0, 0.05) is 24.3 Å². The maximum Gasteiger partial charge on any atom is 0.269 e. The van der Waals surface area contributed by atoms with Gasteiger partial charge in [-0.2, -0.15) is 0 Å². The Morgan fingerprint density at radius 1 is 1.06 bits per heavy atom. The van der Waals surface area contributed by atoms with Gasteiger partial charge in [0.1, 0.15) is 5.75 Å². The quantitative estimate of drug-likeness (QED) is 0.517. The number of hydrazine groups is 1. The summed E-state index contributed by atoms with van der Waals surface area (Å²) < 4.78 is 38.5. The van der Waals surface area contributed by atoms with Gasteiger partial charge >= 0.3 is 0 Å². The average molecular weight is 462 g/mol. The van der Waals surface area contributed by atoms with Crippen LogP contribution in [-0.2, 0) is 14.8 Å². The molecule has 0 saturated carbocycles. The van der Waals surface area contributed by atoms with E-state index in [-0.39, 0.29) is 29.2 Å². The van der Waals surface area contributed by atoms with Gasteiger partial charge < -0.3 is 9.47 Å². The summed E-state index contributed by atoms with van der Waals surface area (Å²) in [6.45, 7) is 4.60. The van der Waals surface area contributed by atoms with Crippen LogP contribution in [0.3, 0.4) is 0 Å². The second kappa shape index (κ2) is 10.6. The molecule has 1 fully saturated rings. The van der Waals surface area contributed by atoms with E-state index in [0.717, 1.165) is 12.8 Å². The number of benzene rings is 2. The fourth-order valence-electron chi connectivity index (χ4n) is 3.11. The summed E-state index contributed by atoms with van der Waals surface area (Å²) in [6.07, 6.45) is 1.58. The van der Waals surface area contributed by atoms with Crippen molar-refractivity contribution in [3.63, 3.8) is 0 Å². The Labute approximate surface area is 187 Å². The van der Waals surface area contributed by atoms with Crippen molar-refractivity contribution < 1.29 is 27.5 Å². The molecule has 3 rings (SSSR count). The number of sulfonamides is 1. The summed E-state index contributed by atoms with van der Waals surface area (Å²) in [5, 5.41) is 0. The predicted octanol–water partition coefficient (Wildman–Crippen LogP) is 2.01. The summed E-state index contributed by atoms with van der Waals surface area (Å²) >= 11 is 0. The van der Waals surface area contributed by atoms with Crippen LogP contribution in [0, 0.1) is 0 Å². The zero-order valence-electron chi connectivity index (χ0n) is 18.0. The molecule has 0 bridgehead atoms. The van der Waals surface area contributed by atoms with Crippen LogP contribution in [-0.4, -0.2) is 45.6 Å². The number of nitrogens with one attached hydrogen (secondary N) is 3. The van der Waals surface area contributed by atoms with E-state index in [1.807, 2.05) is 13.8 Å². The molecule has 0 aromatic heterocycles. The summed E-state index contributed by atoms with van der Waals surface area (Å²) in [6, 6.07) is 12.0. The van der Waals surface area contributed by atoms with Gasteiger partial charge in [-0.3, -0.25) is 20.4 Å². The van der Waals surface area contributed by atoms with E-state index < -0.39 is 21.8 Å². The van der Waals surface area contributed by atoms with Crippen molar-refractivity contribution in [3.8, 4) is 5.75 Å². The zero-order chi connectivity index (χ0) is 23.1. The fourth-order valence-corrected chi connectivity index (χ4v) is 4.22. The molecule has 9 nitrogen and oxygen atoms in total. The van der Waals surface area contributed by atoms with Crippen molar-refractivity contribution in [2.45, 2.75) is 43.8 Å². The first-order chi connectivity index (χ1) is 15.2. The molecular weight excluding hydrogens is 434 g/mol. The van der Waals surface area contributed by atoms with E-state index in [0.29, 0.717) is 17.9 Å². The maximum atomic E-state index is 12.5. The first kappa shape index (κ1) is 23.7. The lowest BCUT2D eigenvalue weighted by Gasteiger charge is -2.12. The molecule has 32 heavy (non-hydrogen) atoms. The lowest BCUT2D eigenvalue weighted by molar-refractivity contribution is 0.0846. The van der Waals surface area contributed by atoms with E-state index in [2.05, 4.69) is 15.6 Å². The van der Waals surface area contributed by atoms with Gasteiger partial charge in [0.2, 0.25) is 10.0 Å². The fraction of sp³-hybridized carbons (Fsp3) is 0.364. The van der Waals surface area contributed by atoms with Crippen molar-refractivity contribution in [1.29, 1.82) is 0 Å². The van der Waals surface area contributed by atoms with Gasteiger partial charge in [0.25, 0.3) is 11.8 Å². The van der Waals surface area contributed by atoms with E-state index in [4.69, 9.17) is 9.47 Å². The molecule has 2 amide bonds. The molecule has 1 saturated heterocycles. The molecule has 2 aromatic carbocycles. The normalized spacial score (nSPS) is 16.0. The Kier molecular flexibility index (Phi) is 7.84. The smallest absolute Gasteiger partial charge is 0.269 e. The van der Waals surface area contributed by atoms with Crippen LogP contribution >= 0.6 is 0 Å². The molecule has 0 spiro atoms. The minimum Gasteiger partial charge on any atom is -0.491 e. The van der Waals surface area contributed by atoms with Crippen molar-refractivity contribution in [3.05, 3.63) is 59.7 Å². The first-order valence-electron chi connectivity index (χ1n) is 10.3. The van der Waals surface area contributed by atoms with Crippen LogP contribution in [0.4, 0.5) is 0 Å². The van der Waals surface area contributed by atoms with Gasteiger partial charge in [-0.15, -0.1) is 0 Å². The van der Waals surface area contributed by atoms with Crippen molar-refractivity contribution in [2.75, 3.05) is 13.2 Å². The number of amides is 2. The molecule has 3 N–H and O–H groups in total. The molecule has 1 aliphatic rings. The lowest BCUT2D eigenvalue weighted by atomic mass is 10.2. The molecule has 1 heterocycles. The van der Waals surface area contributed by atoms with Gasteiger partial charge in [-0.1, -0.05) is 6.07 Å². The third kappa shape index (κ3) is 6.52. The monoisotopic (exact) mass is 461 g/mol. The second-order valence-electron chi connectivity index (χ2n) is 7.61. The SMILES string of the molecule is CC(C)Oc1ccc(C(=O)NNC(=O)c2cccc(S(=O)(=O)NCC3CCCO3)c2)cc1. The third-order valence-electron chi connectivity index (χ3n) is 4.71. The lowest BCUT2D eigenvalue weighted by Crippen LogP contribution is -2.41. The summed E-state index contributed by atoms with van der Waals surface area (Å²) in [5.41, 5.74) is 5.03. The summed E-state index contributed by atoms with van der Waals surface area (Å²) in [5.74, 6) is -0.530. The van der Waals surface area contributed by atoms with E-state index >= 15 is 0 Å². The molecule has 172 valence electrons. The Morgan fingerprint density at radius 2 is 1.75 bits per heavy atom. The highest BCUT2D eigenvalue weighted by molar-refractivity contribution is 7.89. The first-order valence-corrected chi connectivity index (χ1v) is 11.8. The Hall–Kier alpha value is -2.95. The molecule has 2 aromatic rings. The highest BCUT2D eigenvalue weighted by Gasteiger charge is 2.21. The van der Waals surface area contributed by atoms with Gasteiger partial charge in [0.15, 0.2) is 0 Å². The van der Waals surface area contributed by atoms with Gasteiger partial charge in [-0.25, -0.2) is 13.1 Å². The van der Waals surface area contributed by atoms with Gasteiger partial charge in [-0.05, 0) is 69.2 Å². The zero-order valence-corrected chi connectivity index (χ0v) is 18.8. The predicted molar refractivity (Wildman–Crippen MR) is 118 cm³/mol. The van der Waals surface area contributed by atoms with E-state index in [9.17, 15) is 18.0 Å². The largest absolute Gasteiger partial charge is 0.491 e. The molecular formula is C22H27N3O6S. The molecule has 10 heteroatoms. The molecule has 1 unspecified atom stereocenters.